The number of allylic oxidation sites excluding steroid dienone is 2. The molecule has 2 N–H and O–H groups in total. The Morgan fingerprint density at radius 1 is 1.20 bits per heavy atom. The molecule has 1 aliphatic rings. The highest BCUT2D eigenvalue weighted by Crippen LogP contribution is 2.41. The van der Waals surface area contributed by atoms with Gasteiger partial charge in [-0.2, -0.15) is 5.26 Å². The van der Waals surface area contributed by atoms with Crippen LogP contribution in [0.3, 0.4) is 0 Å². The van der Waals surface area contributed by atoms with E-state index in [2.05, 4.69) is 23.6 Å². The predicted molar refractivity (Wildman–Crippen MR) is 122 cm³/mol. The first-order valence-electron chi connectivity index (χ1n) is 10.3. The number of carbonyl (C=O) groups is 1. The van der Waals surface area contributed by atoms with Gasteiger partial charge in [0, 0.05) is 11.4 Å². The third-order valence-electron chi connectivity index (χ3n) is 5.00. The summed E-state index contributed by atoms with van der Waals surface area (Å²) in [6.45, 7) is 4.07. The number of rotatable bonds is 9. The zero-order chi connectivity index (χ0) is 21.3. The second-order valence-corrected chi connectivity index (χ2v) is 8.30. The molecule has 0 aliphatic carbocycles. The van der Waals surface area contributed by atoms with Crippen molar-refractivity contribution in [2.45, 2.75) is 45.4 Å². The van der Waals surface area contributed by atoms with Crippen LogP contribution in [-0.2, 0) is 4.79 Å². The Bertz CT molecular complexity index is 956. The molecule has 5 nitrogen and oxygen atoms in total. The fourth-order valence-corrected chi connectivity index (χ4v) is 4.59. The molecule has 0 fully saturated rings. The van der Waals surface area contributed by atoms with Gasteiger partial charge in [0.2, 0.25) is 0 Å². The number of nitrogens with one attached hydrogen (secondary N) is 2. The van der Waals surface area contributed by atoms with Crippen LogP contribution < -0.4 is 10.6 Å². The van der Waals surface area contributed by atoms with Crippen molar-refractivity contribution >= 4 is 23.4 Å². The lowest BCUT2D eigenvalue weighted by Crippen LogP contribution is -2.30. The minimum Gasteiger partial charge on any atom is -0.468 e. The number of nitrogens with zero attached hydrogens (tertiary/aromatic N) is 1. The predicted octanol–water partition coefficient (Wildman–Crippen LogP) is 5.93. The van der Waals surface area contributed by atoms with E-state index in [0.717, 1.165) is 22.9 Å². The van der Waals surface area contributed by atoms with Crippen molar-refractivity contribution in [3.8, 4) is 6.07 Å². The van der Waals surface area contributed by atoms with Crippen LogP contribution in [0.4, 0.5) is 5.69 Å². The van der Waals surface area contributed by atoms with Crippen LogP contribution in [-0.4, -0.2) is 11.7 Å². The average molecular weight is 422 g/mol. The molecule has 1 aromatic carbocycles. The van der Waals surface area contributed by atoms with Gasteiger partial charge in [-0.3, -0.25) is 4.79 Å². The molecule has 2 heterocycles. The monoisotopic (exact) mass is 421 g/mol. The van der Waals surface area contributed by atoms with Crippen LogP contribution in [0.2, 0.25) is 0 Å². The molecule has 0 radical (unpaired) electrons. The summed E-state index contributed by atoms with van der Waals surface area (Å²) in [5.74, 6) is 0.743. The van der Waals surface area contributed by atoms with E-state index in [-0.39, 0.29) is 5.91 Å². The van der Waals surface area contributed by atoms with E-state index in [1.165, 1.54) is 19.3 Å². The first kappa shape index (κ1) is 21.8. The van der Waals surface area contributed by atoms with Crippen molar-refractivity contribution in [2.24, 2.45) is 0 Å². The summed E-state index contributed by atoms with van der Waals surface area (Å²) in [5, 5.41) is 17.1. The summed E-state index contributed by atoms with van der Waals surface area (Å²) in [6, 6.07) is 15.2. The lowest BCUT2D eigenvalue weighted by atomic mass is 9.85. The molecule has 6 heteroatoms. The smallest absolute Gasteiger partial charge is 0.254 e. The average Bonchev–Trinajstić information content (AvgIpc) is 3.28. The van der Waals surface area contributed by atoms with Gasteiger partial charge in [-0.15, -0.1) is 11.8 Å². The molecular formula is C24H27N3O2S. The fraction of sp³-hybridized carbons (Fsp3) is 0.333. The topological polar surface area (TPSA) is 78.1 Å². The van der Waals surface area contributed by atoms with Crippen molar-refractivity contribution < 1.29 is 9.21 Å². The Labute approximate surface area is 182 Å². The molecule has 0 bridgehead atoms. The highest BCUT2D eigenvalue weighted by molar-refractivity contribution is 8.03. The van der Waals surface area contributed by atoms with Gasteiger partial charge in [0.15, 0.2) is 0 Å². The summed E-state index contributed by atoms with van der Waals surface area (Å²) in [7, 11) is 0. The van der Waals surface area contributed by atoms with Crippen LogP contribution in [0.1, 0.15) is 51.2 Å². The Morgan fingerprint density at radius 3 is 2.67 bits per heavy atom. The van der Waals surface area contributed by atoms with Gasteiger partial charge in [0.05, 0.1) is 34.4 Å². The van der Waals surface area contributed by atoms with E-state index in [1.807, 2.05) is 43.3 Å². The number of furan rings is 1. The molecule has 0 saturated heterocycles. The lowest BCUT2D eigenvalue weighted by Gasteiger charge is -2.28. The number of hydrogen-bond donors (Lipinski definition) is 2. The SMILES string of the molecule is CCCCCCSC1=C(C#N)C(c2ccco2)C(C(=O)Nc2ccccc2)=C(C)N1. The third-order valence-corrected chi connectivity index (χ3v) is 6.10. The maximum absolute atomic E-state index is 13.2. The van der Waals surface area contributed by atoms with Gasteiger partial charge >= 0.3 is 0 Å². The number of anilines is 1. The number of unbranched alkanes of at least 4 members (excludes halogenated alkanes) is 3. The number of thioether (sulfide) groups is 1. The summed E-state index contributed by atoms with van der Waals surface area (Å²) in [6.07, 6.45) is 6.26. The van der Waals surface area contributed by atoms with E-state index in [0.29, 0.717) is 22.6 Å². The molecule has 1 aromatic heterocycles. The number of carbonyl (C=O) groups excluding carboxylic acids is 1. The number of para-hydroxylation sites is 1. The zero-order valence-corrected chi connectivity index (χ0v) is 18.2. The van der Waals surface area contributed by atoms with Crippen LogP contribution in [0.25, 0.3) is 0 Å². The quantitative estimate of drug-likeness (QED) is 0.491. The number of hydrogen-bond acceptors (Lipinski definition) is 5. The van der Waals surface area contributed by atoms with Crippen molar-refractivity contribution in [1.82, 2.24) is 5.32 Å². The molecule has 1 unspecified atom stereocenters. The van der Waals surface area contributed by atoms with Crippen LogP contribution in [0.5, 0.6) is 0 Å². The lowest BCUT2D eigenvalue weighted by molar-refractivity contribution is -0.113. The molecule has 2 aromatic rings. The van der Waals surface area contributed by atoms with Crippen LogP contribution in [0, 0.1) is 11.3 Å². The van der Waals surface area contributed by atoms with Gasteiger partial charge in [-0.25, -0.2) is 0 Å². The molecule has 3 rings (SSSR count). The van der Waals surface area contributed by atoms with Crippen molar-refractivity contribution in [3.05, 3.63) is 76.4 Å². The highest BCUT2D eigenvalue weighted by atomic mass is 32.2. The van der Waals surface area contributed by atoms with E-state index >= 15 is 0 Å². The number of amides is 1. The number of nitriles is 1. The third kappa shape index (κ3) is 5.17. The summed E-state index contributed by atoms with van der Waals surface area (Å²) in [4.78, 5) is 13.2. The Morgan fingerprint density at radius 2 is 2.00 bits per heavy atom. The van der Waals surface area contributed by atoms with Gasteiger partial charge in [-0.05, 0) is 43.4 Å². The van der Waals surface area contributed by atoms with Crippen molar-refractivity contribution in [2.75, 3.05) is 11.1 Å². The summed E-state index contributed by atoms with van der Waals surface area (Å²) >= 11 is 1.64. The van der Waals surface area contributed by atoms with Gasteiger partial charge in [-0.1, -0.05) is 44.4 Å². The summed E-state index contributed by atoms with van der Waals surface area (Å²) < 4.78 is 5.65. The molecule has 0 saturated carbocycles. The van der Waals surface area contributed by atoms with E-state index in [4.69, 9.17) is 4.42 Å². The molecule has 30 heavy (non-hydrogen) atoms. The van der Waals surface area contributed by atoms with Gasteiger partial charge in [0.1, 0.15) is 5.76 Å². The van der Waals surface area contributed by atoms with Crippen LogP contribution in [0.15, 0.2) is 75.0 Å². The number of benzene rings is 1. The molecule has 1 atom stereocenters. The van der Waals surface area contributed by atoms with Crippen molar-refractivity contribution in [1.29, 1.82) is 5.26 Å². The maximum atomic E-state index is 13.2. The molecule has 1 aliphatic heterocycles. The first-order chi connectivity index (χ1) is 14.7. The van der Waals surface area contributed by atoms with Gasteiger partial charge in [0.25, 0.3) is 5.91 Å². The standard InChI is InChI=1S/C24H27N3O2S/c1-3-4-5-9-15-30-24-19(16-25)22(20-13-10-14-29-20)21(17(2)26-24)23(28)27-18-11-7-6-8-12-18/h6-8,10-14,22,26H,3-5,9,15H2,1-2H3,(H,27,28). The Balaban J connectivity index is 1.88. The Kier molecular flexibility index (Phi) is 7.81. The molecular weight excluding hydrogens is 394 g/mol. The second-order valence-electron chi connectivity index (χ2n) is 7.20. The molecule has 0 spiro atoms. The maximum Gasteiger partial charge on any atom is 0.254 e. The highest BCUT2D eigenvalue weighted by Gasteiger charge is 2.36. The zero-order valence-electron chi connectivity index (χ0n) is 17.4. The van der Waals surface area contributed by atoms with Crippen LogP contribution >= 0.6 is 11.8 Å². The van der Waals surface area contributed by atoms with E-state index < -0.39 is 5.92 Å². The fourth-order valence-electron chi connectivity index (χ4n) is 3.49. The van der Waals surface area contributed by atoms with Gasteiger partial charge < -0.3 is 15.1 Å². The molecule has 1 amide bonds. The van der Waals surface area contributed by atoms with E-state index in [9.17, 15) is 10.1 Å². The largest absolute Gasteiger partial charge is 0.468 e. The minimum absolute atomic E-state index is 0.243. The first-order valence-corrected chi connectivity index (χ1v) is 11.3. The Hall–Kier alpha value is -2.91. The second kappa shape index (κ2) is 10.7. The van der Waals surface area contributed by atoms with Crippen molar-refractivity contribution in [3.63, 3.8) is 0 Å². The summed E-state index contributed by atoms with van der Waals surface area (Å²) in [5.41, 5.74) is 2.47. The minimum atomic E-state index is -0.534. The normalized spacial score (nSPS) is 16.2. The van der Waals surface area contributed by atoms with E-state index in [1.54, 1.807) is 24.1 Å². The molecule has 156 valence electrons. The number of dihydropyridines is 1.